The predicted molar refractivity (Wildman–Crippen MR) is 136 cm³/mol. The monoisotopic (exact) mass is 477 g/mol. The molecule has 0 aliphatic heterocycles. The largest absolute Gasteiger partial charge is 0.469 e. The number of rotatable bonds is 8. The number of hydrogen-bond donors (Lipinski definition) is 1. The van der Waals surface area contributed by atoms with Gasteiger partial charge in [0.1, 0.15) is 12.2 Å². The highest BCUT2D eigenvalue weighted by atomic mass is 16.5. The zero-order valence-corrected chi connectivity index (χ0v) is 20.0. The summed E-state index contributed by atoms with van der Waals surface area (Å²) in [5.41, 5.74) is 5.65. The second kappa shape index (κ2) is 10.1. The van der Waals surface area contributed by atoms with E-state index in [4.69, 9.17) is 22.7 Å². The number of aromatic nitrogens is 6. The van der Waals surface area contributed by atoms with E-state index in [0.717, 1.165) is 39.5 Å². The molecule has 0 amide bonds. The molecule has 0 bridgehead atoms. The molecule has 9 nitrogen and oxygen atoms in total. The zero-order valence-electron chi connectivity index (χ0n) is 20.0. The van der Waals surface area contributed by atoms with Crippen LogP contribution < -0.4 is 0 Å². The number of carbonyl (C=O) groups is 1. The lowest BCUT2D eigenvalue weighted by atomic mass is 9.99. The van der Waals surface area contributed by atoms with Crippen molar-refractivity contribution in [3.63, 3.8) is 0 Å². The zero-order chi connectivity index (χ0) is 25.1. The fraction of sp³-hybridized carbons (Fsp3) is 0.192. The summed E-state index contributed by atoms with van der Waals surface area (Å²) < 4.78 is 6.62. The van der Waals surface area contributed by atoms with Crippen LogP contribution in [-0.2, 0) is 16.1 Å². The first-order valence-corrected chi connectivity index (χ1v) is 11.5. The molecule has 10 heteroatoms. The summed E-state index contributed by atoms with van der Waals surface area (Å²) in [5.74, 6) is 0.292. The summed E-state index contributed by atoms with van der Waals surface area (Å²) >= 11 is 0. The normalized spacial score (nSPS) is 12.2. The first kappa shape index (κ1) is 23.4. The smallest absolute Gasteiger partial charge is 0.307 e. The quantitative estimate of drug-likeness (QED) is 0.269. The summed E-state index contributed by atoms with van der Waals surface area (Å²) in [6.45, 7) is 2.21. The van der Waals surface area contributed by atoms with Crippen LogP contribution in [0.3, 0.4) is 0 Å². The molecule has 0 unspecified atom stereocenters. The number of esters is 1. The van der Waals surface area contributed by atoms with Gasteiger partial charge in [0, 0.05) is 30.0 Å². The molecule has 0 saturated heterocycles. The number of H-pyrrole nitrogens is 1. The fourth-order valence-electron chi connectivity index (χ4n) is 4.16. The van der Waals surface area contributed by atoms with Crippen LogP contribution >= 0.6 is 0 Å². The molecule has 4 heterocycles. The Bertz CT molecular complexity index is 1500. The van der Waals surface area contributed by atoms with E-state index in [1.165, 1.54) is 13.4 Å². The third kappa shape index (κ3) is 4.89. The molecule has 2 radical (unpaired) electrons. The maximum Gasteiger partial charge on any atom is 0.307 e. The molecule has 0 spiro atoms. The van der Waals surface area contributed by atoms with Gasteiger partial charge in [0.15, 0.2) is 13.6 Å². The topological polar surface area (TPSA) is 101 Å². The van der Waals surface area contributed by atoms with Gasteiger partial charge in [0.25, 0.3) is 0 Å². The van der Waals surface area contributed by atoms with E-state index in [1.54, 1.807) is 9.33 Å². The Morgan fingerprint density at radius 3 is 2.72 bits per heavy atom. The molecule has 0 fully saturated rings. The van der Waals surface area contributed by atoms with Crippen LogP contribution in [0.15, 0.2) is 73.2 Å². The van der Waals surface area contributed by atoms with Crippen LogP contribution in [0.5, 0.6) is 0 Å². The number of pyridine rings is 2. The Morgan fingerprint density at radius 1 is 1.11 bits per heavy atom. The SMILES string of the molecule is [B]N(Cc1nc(-c2ccc3ncnn3c2)c(-c2cccc(C)n2)[nH]1)[C@@H](CC(=O)OC)c1ccccc1. The van der Waals surface area contributed by atoms with Crippen molar-refractivity contribution < 1.29 is 9.53 Å². The second-order valence-corrected chi connectivity index (χ2v) is 8.43. The molecule has 5 rings (SSSR count). The fourth-order valence-corrected chi connectivity index (χ4v) is 4.16. The number of ether oxygens (including phenoxy) is 1. The maximum atomic E-state index is 12.1. The second-order valence-electron chi connectivity index (χ2n) is 8.43. The van der Waals surface area contributed by atoms with Crippen molar-refractivity contribution in [2.45, 2.75) is 25.9 Å². The Kier molecular flexibility index (Phi) is 6.59. The van der Waals surface area contributed by atoms with Gasteiger partial charge in [0.2, 0.25) is 0 Å². The van der Waals surface area contributed by atoms with Gasteiger partial charge >= 0.3 is 5.97 Å². The summed E-state index contributed by atoms with van der Waals surface area (Å²) in [6.07, 6.45) is 3.50. The lowest BCUT2D eigenvalue weighted by Crippen LogP contribution is -2.28. The summed E-state index contributed by atoms with van der Waals surface area (Å²) in [5, 5.41) is 4.25. The highest BCUT2D eigenvalue weighted by Crippen LogP contribution is 2.31. The number of nitrogens with zero attached hydrogens (tertiary/aromatic N) is 6. The Labute approximate surface area is 209 Å². The van der Waals surface area contributed by atoms with Gasteiger partial charge in [-0.2, -0.15) is 5.10 Å². The molecule has 0 aliphatic carbocycles. The third-order valence-corrected chi connectivity index (χ3v) is 5.95. The van der Waals surface area contributed by atoms with E-state index in [-0.39, 0.29) is 25.0 Å². The number of aromatic amines is 1. The number of nitrogens with one attached hydrogen (secondary N) is 1. The minimum Gasteiger partial charge on any atom is -0.469 e. The number of aryl methyl sites for hydroxylation is 1. The van der Waals surface area contributed by atoms with Crippen molar-refractivity contribution in [1.82, 2.24) is 34.4 Å². The molecule has 1 atom stereocenters. The third-order valence-electron chi connectivity index (χ3n) is 5.95. The van der Waals surface area contributed by atoms with Crippen LogP contribution in [0, 0.1) is 6.92 Å². The Balaban J connectivity index is 1.53. The van der Waals surface area contributed by atoms with Crippen molar-refractivity contribution >= 4 is 19.6 Å². The van der Waals surface area contributed by atoms with Gasteiger partial charge in [-0.1, -0.05) is 36.4 Å². The van der Waals surface area contributed by atoms with E-state index in [2.05, 4.69) is 15.1 Å². The van der Waals surface area contributed by atoms with E-state index < -0.39 is 0 Å². The van der Waals surface area contributed by atoms with Crippen LogP contribution in [0.1, 0.15) is 29.5 Å². The first-order valence-electron chi connectivity index (χ1n) is 11.5. The average molecular weight is 477 g/mol. The number of benzene rings is 1. The molecule has 178 valence electrons. The molecule has 4 aromatic heterocycles. The molecule has 0 aliphatic rings. The summed E-state index contributed by atoms with van der Waals surface area (Å²) in [4.78, 5) is 31.0. The molecule has 36 heavy (non-hydrogen) atoms. The lowest BCUT2D eigenvalue weighted by Gasteiger charge is -2.27. The van der Waals surface area contributed by atoms with Gasteiger partial charge in [-0.15, -0.1) is 0 Å². The minimum atomic E-state index is -0.390. The van der Waals surface area contributed by atoms with Crippen LogP contribution in [0.2, 0.25) is 0 Å². The lowest BCUT2D eigenvalue weighted by molar-refractivity contribution is -0.141. The molecule has 1 aromatic carbocycles. The van der Waals surface area contributed by atoms with Gasteiger partial charge < -0.3 is 14.5 Å². The highest BCUT2D eigenvalue weighted by Gasteiger charge is 2.23. The number of fused-ring (bicyclic) bond motifs is 1. The maximum absolute atomic E-state index is 12.1. The number of imidazole rings is 1. The van der Waals surface area contributed by atoms with Crippen molar-refractivity contribution in [3.8, 4) is 22.6 Å². The van der Waals surface area contributed by atoms with Crippen LogP contribution in [0.4, 0.5) is 0 Å². The van der Waals surface area contributed by atoms with Gasteiger partial charge in [-0.3, -0.25) is 9.78 Å². The van der Waals surface area contributed by atoms with Crippen molar-refractivity contribution in [2.24, 2.45) is 0 Å². The minimum absolute atomic E-state index is 0.111. The van der Waals surface area contributed by atoms with Gasteiger partial charge in [0.05, 0.1) is 30.6 Å². The van der Waals surface area contributed by atoms with E-state index >= 15 is 0 Å². The molecular weight excluding hydrogens is 453 g/mol. The number of carbonyl (C=O) groups excluding carboxylic acids is 1. The Morgan fingerprint density at radius 2 is 1.94 bits per heavy atom. The average Bonchev–Trinajstić information content (AvgIpc) is 3.54. The number of methoxy groups -OCH3 is 1. The van der Waals surface area contributed by atoms with Crippen LogP contribution in [0.25, 0.3) is 28.3 Å². The summed E-state index contributed by atoms with van der Waals surface area (Å²) in [6, 6.07) is 18.9. The van der Waals surface area contributed by atoms with Crippen molar-refractivity contribution in [3.05, 3.63) is 90.3 Å². The molecule has 0 saturated carbocycles. The van der Waals surface area contributed by atoms with Crippen molar-refractivity contribution in [2.75, 3.05) is 7.11 Å². The predicted octanol–water partition coefficient (Wildman–Crippen LogP) is 3.68. The highest BCUT2D eigenvalue weighted by molar-refractivity contribution is 6.04. The number of hydrogen-bond acceptors (Lipinski definition) is 7. The van der Waals surface area contributed by atoms with Gasteiger partial charge in [-0.25, -0.2) is 14.5 Å². The van der Waals surface area contributed by atoms with E-state index in [0.29, 0.717) is 5.82 Å². The van der Waals surface area contributed by atoms with Crippen LogP contribution in [-0.4, -0.2) is 55.4 Å². The summed E-state index contributed by atoms with van der Waals surface area (Å²) in [7, 11) is 7.91. The first-order chi connectivity index (χ1) is 17.5. The Hall–Kier alpha value is -4.31. The standard InChI is InChI=1S/C26H24BN7O2/c1-17-7-6-10-20(30-17)26-25(19-11-12-23-28-16-29-34(23)14-19)31-22(32-26)15-33(27)21(13-24(35)36-2)18-8-4-3-5-9-18/h3-12,14,16,21H,13,15H2,1-2H3,(H,31,32)/t21-/m0/s1. The van der Waals surface area contributed by atoms with Crippen molar-refractivity contribution in [1.29, 1.82) is 0 Å². The molecular formula is C26H24BN7O2. The molecule has 5 aromatic rings. The van der Waals surface area contributed by atoms with E-state index in [9.17, 15) is 4.79 Å². The molecule has 1 N–H and O–H groups in total. The van der Waals surface area contributed by atoms with Gasteiger partial charge in [-0.05, 0) is 36.8 Å². The van der Waals surface area contributed by atoms with E-state index in [1.807, 2.05) is 73.8 Å².